The predicted octanol–water partition coefficient (Wildman–Crippen LogP) is 7.54. The van der Waals surface area contributed by atoms with Crippen LogP contribution in [-0.4, -0.2) is 15.7 Å². The molecule has 1 aromatic rings. The summed E-state index contributed by atoms with van der Waals surface area (Å²) in [6, 6.07) is 0. The van der Waals surface area contributed by atoms with E-state index in [0.29, 0.717) is 15.7 Å². The summed E-state index contributed by atoms with van der Waals surface area (Å²) in [4.78, 5) is 0. The highest BCUT2D eigenvalue weighted by molar-refractivity contribution is 7.99. The van der Waals surface area contributed by atoms with E-state index < -0.39 is 0 Å². The number of thioether (sulfide) groups is 3. The van der Waals surface area contributed by atoms with E-state index in [1.807, 2.05) is 0 Å². The maximum Gasteiger partial charge on any atom is 0.0192 e. The zero-order valence-corrected chi connectivity index (χ0v) is 19.5. The molecule has 0 amide bonds. The predicted molar refractivity (Wildman–Crippen MR) is 120 cm³/mol. The monoisotopic (exact) mass is 384 g/mol. The van der Waals surface area contributed by atoms with E-state index in [1.165, 1.54) is 0 Å². The van der Waals surface area contributed by atoms with Crippen molar-refractivity contribution in [1.82, 2.24) is 0 Å². The van der Waals surface area contributed by atoms with Gasteiger partial charge in [0, 0.05) is 17.3 Å². The van der Waals surface area contributed by atoms with Crippen molar-refractivity contribution in [2.45, 2.75) is 95.3 Å². The van der Waals surface area contributed by atoms with Gasteiger partial charge in [-0.3, -0.25) is 0 Å². The fourth-order valence-corrected chi connectivity index (χ4v) is 5.59. The molecule has 0 saturated carbocycles. The van der Waals surface area contributed by atoms with Gasteiger partial charge >= 0.3 is 0 Å². The minimum Gasteiger partial charge on any atom is -0.154 e. The highest BCUT2D eigenvalue weighted by atomic mass is 32.2. The summed E-state index contributed by atoms with van der Waals surface area (Å²) in [5, 5.41) is 2.06. The minimum atomic E-state index is 0.687. The summed E-state index contributed by atoms with van der Waals surface area (Å²) >= 11 is 6.21. The Morgan fingerprint density at radius 1 is 0.500 bits per heavy atom. The van der Waals surface area contributed by atoms with Crippen LogP contribution in [0.25, 0.3) is 0 Å². The Labute approximate surface area is 163 Å². The zero-order chi connectivity index (χ0) is 18.4. The fraction of sp³-hybridized carbons (Fsp3) is 0.714. The summed E-state index contributed by atoms with van der Waals surface area (Å²) in [5.41, 5.74) is 9.42. The minimum absolute atomic E-state index is 0.687. The van der Waals surface area contributed by atoms with Crippen LogP contribution >= 0.6 is 35.3 Å². The van der Waals surface area contributed by atoms with Gasteiger partial charge in [0.15, 0.2) is 0 Å². The topological polar surface area (TPSA) is 0 Å². The average Bonchev–Trinajstić information content (AvgIpc) is 2.45. The maximum atomic E-state index is 2.35. The highest BCUT2D eigenvalue weighted by Crippen LogP contribution is 2.35. The Balaban J connectivity index is 3.29. The van der Waals surface area contributed by atoms with E-state index in [9.17, 15) is 0 Å². The van der Waals surface area contributed by atoms with Crippen molar-refractivity contribution in [3.8, 4) is 0 Å². The van der Waals surface area contributed by atoms with Crippen LogP contribution in [0.3, 0.4) is 0 Å². The van der Waals surface area contributed by atoms with Gasteiger partial charge in [-0.15, -0.1) is 0 Å². The van der Waals surface area contributed by atoms with Crippen LogP contribution in [0.2, 0.25) is 0 Å². The highest BCUT2D eigenvalue weighted by Gasteiger charge is 2.18. The van der Waals surface area contributed by atoms with E-state index in [1.54, 1.807) is 33.4 Å². The Morgan fingerprint density at radius 2 is 0.708 bits per heavy atom. The SMILES string of the molecule is Cc1c(CSC(C)C)c(C)c(CSC(C)C)c(C)c1CSC(C)C. The standard InChI is InChI=1S/C21H36S3/c1-13(2)22-10-19-16(7)20(11-23-14(3)4)18(9)21(17(19)8)12-24-15(5)6/h13-15H,10-12H2,1-9H3. The van der Waals surface area contributed by atoms with Crippen molar-refractivity contribution in [2.24, 2.45) is 0 Å². The van der Waals surface area contributed by atoms with Crippen LogP contribution in [0.15, 0.2) is 0 Å². The number of hydrogen-bond donors (Lipinski definition) is 0. The molecule has 0 spiro atoms. The van der Waals surface area contributed by atoms with Crippen LogP contribution in [0, 0.1) is 20.8 Å². The Bertz CT molecular complexity index is 433. The first-order valence-corrected chi connectivity index (χ1v) is 12.2. The lowest BCUT2D eigenvalue weighted by molar-refractivity contribution is 1.06. The lowest BCUT2D eigenvalue weighted by atomic mass is 9.90. The van der Waals surface area contributed by atoms with Gasteiger partial charge in [-0.2, -0.15) is 35.3 Å². The molecular formula is C21H36S3. The second-order valence-corrected chi connectivity index (χ2v) is 12.1. The molecule has 0 aliphatic rings. The Hall–Kier alpha value is 0.270. The molecule has 1 aromatic carbocycles. The molecule has 138 valence electrons. The smallest absolute Gasteiger partial charge is 0.0192 e. The Kier molecular flexibility index (Phi) is 9.69. The third-order valence-electron chi connectivity index (χ3n) is 4.40. The molecule has 0 fully saturated rings. The molecule has 3 heteroatoms. The van der Waals surface area contributed by atoms with Crippen molar-refractivity contribution in [3.05, 3.63) is 33.4 Å². The van der Waals surface area contributed by atoms with Crippen LogP contribution in [0.4, 0.5) is 0 Å². The third-order valence-corrected chi connectivity index (χ3v) is 7.77. The molecule has 0 radical (unpaired) electrons. The molecule has 24 heavy (non-hydrogen) atoms. The van der Waals surface area contributed by atoms with Gasteiger partial charge in [0.1, 0.15) is 0 Å². The lowest BCUT2D eigenvalue weighted by Gasteiger charge is -2.23. The summed E-state index contributed by atoms with van der Waals surface area (Å²) < 4.78 is 0. The van der Waals surface area contributed by atoms with E-state index in [4.69, 9.17) is 0 Å². The van der Waals surface area contributed by atoms with Crippen molar-refractivity contribution in [3.63, 3.8) is 0 Å². The molecule has 0 bridgehead atoms. The first-order chi connectivity index (χ1) is 11.1. The van der Waals surface area contributed by atoms with Crippen LogP contribution in [0.5, 0.6) is 0 Å². The molecule has 0 heterocycles. The summed E-state index contributed by atoms with van der Waals surface area (Å²) in [7, 11) is 0. The molecule has 0 saturated heterocycles. The molecule has 0 atom stereocenters. The van der Waals surface area contributed by atoms with E-state index in [-0.39, 0.29) is 0 Å². The van der Waals surface area contributed by atoms with Gasteiger partial charge in [-0.05, 0) is 69.9 Å². The zero-order valence-electron chi connectivity index (χ0n) is 17.1. The first kappa shape index (κ1) is 22.3. The molecule has 0 aliphatic carbocycles. The molecule has 0 aliphatic heterocycles. The maximum absolute atomic E-state index is 2.35. The summed E-state index contributed by atoms with van der Waals surface area (Å²) in [6.45, 7) is 20.9. The normalized spacial score (nSPS) is 12.0. The van der Waals surface area contributed by atoms with Gasteiger partial charge < -0.3 is 0 Å². The molecule has 0 aromatic heterocycles. The summed E-state index contributed by atoms with van der Waals surface area (Å²) in [6.07, 6.45) is 0. The van der Waals surface area contributed by atoms with Gasteiger partial charge in [-0.1, -0.05) is 41.5 Å². The first-order valence-electron chi connectivity index (χ1n) is 9.10. The van der Waals surface area contributed by atoms with Crippen molar-refractivity contribution in [2.75, 3.05) is 0 Å². The van der Waals surface area contributed by atoms with E-state index in [0.717, 1.165) is 17.3 Å². The van der Waals surface area contributed by atoms with Crippen molar-refractivity contribution >= 4 is 35.3 Å². The van der Waals surface area contributed by atoms with Gasteiger partial charge in [0.05, 0.1) is 0 Å². The van der Waals surface area contributed by atoms with Gasteiger partial charge in [0.2, 0.25) is 0 Å². The van der Waals surface area contributed by atoms with E-state index in [2.05, 4.69) is 97.6 Å². The number of rotatable bonds is 9. The van der Waals surface area contributed by atoms with Crippen LogP contribution < -0.4 is 0 Å². The lowest BCUT2D eigenvalue weighted by Crippen LogP contribution is -2.08. The fourth-order valence-electron chi connectivity index (χ4n) is 2.79. The Morgan fingerprint density at radius 3 is 0.875 bits per heavy atom. The molecule has 0 N–H and O–H groups in total. The average molecular weight is 385 g/mol. The largest absolute Gasteiger partial charge is 0.154 e. The van der Waals surface area contributed by atoms with Crippen molar-refractivity contribution < 1.29 is 0 Å². The van der Waals surface area contributed by atoms with Gasteiger partial charge in [-0.25, -0.2) is 0 Å². The molecule has 1 rings (SSSR count). The van der Waals surface area contributed by atoms with Crippen LogP contribution in [0.1, 0.15) is 74.9 Å². The second-order valence-electron chi connectivity index (χ2n) is 7.39. The molecule has 0 unspecified atom stereocenters. The van der Waals surface area contributed by atoms with Crippen LogP contribution in [-0.2, 0) is 17.3 Å². The number of hydrogen-bond acceptors (Lipinski definition) is 3. The number of benzene rings is 1. The third kappa shape index (κ3) is 6.53. The molecular weight excluding hydrogens is 348 g/mol. The molecule has 0 nitrogen and oxygen atoms in total. The second kappa shape index (κ2) is 10.4. The quantitative estimate of drug-likeness (QED) is 0.431. The van der Waals surface area contributed by atoms with Crippen molar-refractivity contribution in [1.29, 1.82) is 0 Å². The van der Waals surface area contributed by atoms with Gasteiger partial charge in [0.25, 0.3) is 0 Å². The summed E-state index contributed by atoms with van der Waals surface area (Å²) in [5.74, 6) is 3.44. The van der Waals surface area contributed by atoms with E-state index >= 15 is 0 Å².